The van der Waals surface area contributed by atoms with Gasteiger partial charge in [0, 0.05) is 0 Å². The topological polar surface area (TPSA) is 104 Å². The van der Waals surface area contributed by atoms with Crippen molar-refractivity contribution in [2.45, 2.75) is 11.1 Å². The molecular weight excluding hydrogens is 349 g/mol. The van der Waals surface area contributed by atoms with Gasteiger partial charge in [0.15, 0.2) is 11.6 Å². The zero-order valence-corrected chi connectivity index (χ0v) is 12.5. The highest BCUT2D eigenvalue weighted by atomic mass is 32.2. The first-order valence-electron chi connectivity index (χ1n) is 6.37. The number of sulfonamides is 1. The van der Waals surface area contributed by atoms with Crippen molar-refractivity contribution in [3.05, 3.63) is 48.5 Å². The highest BCUT2D eigenvalue weighted by Crippen LogP contribution is 2.30. The lowest BCUT2D eigenvalue weighted by Crippen LogP contribution is -2.12. The fourth-order valence-electron chi connectivity index (χ4n) is 1.95. The van der Waals surface area contributed by atoms with Crippen LogP contribution in [0.5, 0.6) is 0 Å². The van der Waals surface area contributed by atoms with E-state index in [9.17, 15) is 21.6 Å². The summed E-state index contributed by atoms with van der Waals surface area (Å²) in [6, 6.07) is 7.77. The van der Waals surface area contributed by atoms with Crippen LogP contribution in [0.1, 0.15) is 5.82 Å². The first-order chi connectivity index (χ1) is 11.2. The SMILES string of the molecule is NS(=O)(=O)c1ccc(-n2nc(C(F)(F)F)nc2-c2ccco2)cc1. The number of aromatic nitrogens is 3. The molecule has 2 heterocycles. The van der Waals surface area contributed by atoms with Crippen molar-refractivity contribution in [2.24, 2.45) is 5.14 Å². The molecule has 0 saturated carbocycles. The van der Waals surface area contributed by atoms with Crippen molar-refractivity contribution in [1.82, 2.24) is 14.8 Å². The number of nitrogens with zero attached hydrogens (tertiary/aromatic N) is 3. The molecular formula is C13H9F3N4O3S. The van der Waals surface area contributed by atoms with Crippen LogP contribution >= 0.6 is 0 Å². The predicted molar refractivity (Wildman–Crippen MR) is 75.4 cm³/mol. The van der Waals surface area contributed by atoms with Crippen molar-refractivity contribution in [3.63, 3.8) is 0 Å². The molecule has 0 radical (unpaired) electrons. The van der Waals surface area contributed by atoms with Crippen molar-refractivity contribution in [2.75, 3.05) is 0 Å². The van der Waals surface area contributed by atoms with E-state index >= 15 is 0 Å². The Hall–Kier alpha value is -2.66. The summed E-state index contributed by atoms with van der Waals surface area (Å²) >= 11 is 0. The first-order valence-corrected chi connectivity index (χ1v) is 7.92. The van der Waals surface area contributed by atoms with Crippen LogP contribution in [0, 0.1) is 0 Å². The number of alkyl halides is 3. The van der Waals surface area contributed by atoms with Crippen LogP contribution in [0.25, 0.3) is 17.3 Å². The van der Waals surface area contributed by atoms with Crippen LogP contribution in [0.4, 0.5) is 13.2 Å². The molecule has 3 aromatic rings. The van der Waals surface area contributed by atoms with Crippen LogP contribution in [0.2, 0.25) is 0 Å². The van der Waals surface area contributed by atoms with Gasteiger partial charge in [0.25, 0.3) is 5.82 Å². The van der Waals surface area contributed by atoms with E-state index in [0.717, 1.165) is 16.8 Å². The van der Waals surface area contributed by atoms with E-state index in [2.05, 4.69) is 10.1 Å². The third-order valence-electron chi connectivity index (χ3n) is 3.01. The van der Waals surface area contributed by atoms with Gasteiger partial charge in [-0.2, -0.15) is 18.2 Å². The maximum absolute atomic E-state index is 12.9. The summed E-state index contributed by atoms with van der Waals surface area (Å²) in [4.78, 5) is 3.28. The van der Waals surface area contributed by atoms with Gasteiger partial charge in [0.2, 0.25) is 10.0 Å². The Morgan fingerprint density at radius 2 is 1.79 bits per heavy atom. The zero-order valence-electron chi connectivity index (χ0n) is 11.7. The Balaban J connectivity index is 2.14. The molecule has 0 saturated heterocycles. The molecule has 1 aromatic carbocycles. The van der Waals surface area contributed by atoms with Crippen LogP contribution < -0.4 is 5.14 Å². The molecule has 0 aliphatic rings. The normalized spacial score (nSPS) is 12.5. The quantitative estimate of drug-likeness (QED) is 0.773. The van der Waals surface area contributed by atoms with Gasteiger partial charge in [-0.3, -0.25) is 0 Å². The lowest BCUT2D eigenvalue weighted by atomic mass is 10.3. The van der Waals surface area contributed by atoms with Gasteiger partial charge < -0.3 is 4.42 Å². The maximum Gasteiger partial charge on any atom is 0.453 e. The Kier molecular flexibility index (Phi) is 3.68. The average molecular weight is 358 g/mol. The number of nitrogens with two attached hydrogens (primary N) is 1. The molecule has 0 fully saturated rings. The van der Waals surface area contributed by atoms with E-state index < -0.39 is 22.0 Å². The smallest absolute Gasteiger partial charge is 0.453 e. The van der Waals surface area contributed by atoms with E-state index in [1.807, 2.05) is 0 Å². The van der Waals surface area contributed by atoms with Crippen molar-refractivity contribution < 1.29 is 26.0 Å². The molecule has 0 aliphatic heterocycles. The van der Waals surface area contributed by atoms with E-state index in [-0.39, 0.29) is 22.2 Å². The second kappa shape index (κ2) is 5.46. The van der Waals surface area contributed by atoms with Gasteiger partial charge in [-0.15, -0.1) is 5.10 Å². The van der Waals surface area contributed by atoms with Gasteiger partial charge in [-0.05, 0) is 36.4 Å². The molecule has 0 amide bonds. The second-order valence-corrected chi connectivity index (χ2v) is 6.25. The minimum atomic E-state index is -4.74. The third-order valence-corrected chi connectivity index (χ3v) is 3.94. The van der Waals surface area contributed by atoms with Crippen LogP contribution in [0.15, 0.2) is 52.0 Å². The maximum atomic E-state index is 12.9. The summed E-state index contributed by atoms with van der Waals surface area (Å²) in [6.07, 6.45) is -3.46. The monoisotopic (exact) mass is 358 g/mol. The van der Waals surface area contributed by atoms with E-state index in [0.29, 0.717) is 0 Å². The summed E-state index contributed by atoms with van der Waals surface area (Å²) in [5, 5.41) is 8.43. The number of furan rings is 1. The fourth-order valence-corrected chi connectivity index (χ4v) is 2.47. The molecule has 3 rings (SSSR count). The van der Waals surface area contributed by atoms with Crippen molar-refractivity contribution in [1.29, 1.82) is 0 Å². The molecule has 2 aromatic heterocycles. The Morgan fingerprint density at radius 1 is 1.12 bits per heavy atom. The Bertz CT molecular complexity index is 961. The van der Waals surface area contributed by atoms with E-state index in [4.69, 9.17) is 9.56 Å². The molecule has 0 unspecified atom stereocenters. The highest BCUT2D eigenvalue weighted by molar-refractivity contribution is 7.89. The summed E-state index contributed by atoms with van der Waals surface area (Å²) in [5.74, 6) is -1.44. The van der Waals surface area contributed by atoms with Gasteiger partial charge in [0.1, 0.15) is 0 Å². The molecule has 24 heavy (non-hydrogen) atoms. The largest absolute Gasteiger partial charge is 0.461 e. The van der Waals surface area contributed by atoms with Gasteiger partial charge >= 0.3 is 6.18 Å². The number of hydrogen-bond acceptors (Lipinski definition) is 5. The molecule has 0 atom stereocenters. The first kappa shape index (κ1) is 16.2. The Morgan fingerprint density at radius 3 is 2.29 bits per heavy atom. The third kappa shape index (κ3) is 3.03. The van der Waals surface area contributed by atoms with Crippen LogP contribution in [-0.4, -0.2) is 23.2 Å². The molecule has 126 valence electrons. The number of primary sulfonamides is 1. The summed E-state index contributed by atoms with van der Waals surface area (Å²) in [6.45, 7) is 0. The standard InChI is InChI=1S/C13H9F3N4O3S/c14-13(15,16)12-18-11(10-2-1-7-23-10)20(19-12)8-3-5-9(6-4-8)24(17,21)22/h1-7H,(H2,17,21,22). The Labute approximate surface area is 133 Å². The van der Waals surface area contributed by atoms with Crippen molar-refractivity contribution >= 4 is 10.0 Å². The second-order valence-electron chi connectivity index (χ2n) is 4.68. The van der Waals surface area contributed by atoms with Crippen molar-refractivity contribution in [3.8, 4) is 17.3 Å². The minimum absolute atomic E-state index is 0.0773. The molecule has 2 N–H and O–H groups in total. The number of rotatable bonds is 3. The van der Waals surface area contributed by atoms with Gasteiger partial charge in [0.05, 0.1) is 16.8 Å². The summed E-state index contributed by atoms with van der Waals surface area (Å²) in [5.41, 5.74) is 0.164. The summed E-state index contributed by atoms with van der Waals surface area (Å²) in [7, 11) is -3.92. The van der Waals surface area contributed by atoms with Crippen LogP contribution in [-0.2, 0) is 16.2 Å². The van der Waals surface area contributed by atoms with Gasteiger partial charge in [-0.1, -0.05) is 0 Å². The molecule has 7 nitrogen and oxygen atoms in total. The number of halogens is 3. The molecule has 0 bridgehead atoms. The predicted octanol–water partition coefficient (Wildman–Crippen LogP) is 2.19. The van der Waals surface area contributed by atoms with E-state index in [1.165, 1.54) is 30.5 Å². The molecule has 0 spiro atoms. The van der Waals surface area contributed by atoms with Gasteiger partial charge in [-0.25, -0.2) is 18.2 Å². The highest BCUT2D eigenvalue weighted by Gasteiger charge is 2.37. The minimum Gasteiger partial charge on any atom is -0.461 e. The lowest BCUT2D eigenvalue weighted by molar-refractivity contribution is -0.144. The molecule has 0 aliphatic carbocycles. The number of benzene rings is 1. The zero-order chi connectivity index (χ0) is 17.5. The summed E-state index contributed by atoms with van der Waals surface area (Å²) < 4.78 is 67.2. The van der Waals surface area contributed by atoms with E-state index in [1.54, 1.807) is 0 Å². The lowest BCUT2D eigenvalue weighted by Gasteiger charge is -2.05. The van der Waals surface area contributed by atoms with Crippen LogP contribution in [0.3, 0.4) is 0 Å². The fraction of sp³-hybridized carbons (Fsp3) is 0.0769. The molecule has 11 heteroatoms. The number of hydrogen-bond donors (Lipinski definition) is 1. The average Bonchev–Trinajstić information content (AvgIpc) is 3.15.